The van der Waals surface area contributed by atoms with E-state index in [2.05, 4.69) is 34.7 Å². The van der Waals surface area contributed by atoms with Crippen LogP contribution in [0, 0.1) is 5.92 Å². The highest BCUT2D eigenvalue weighted by Crippen LogP contribution is 2.30. The summed E-state index contributed by atoms with van der Waals surface area (Å²) in [5.74, 6) is 6.30. The van der Waals surface area contributed by atoms with Crippen molar-refractivity contribution >= 4 is 10.9 Å². The summed E-state index contributed by atoms with van der Waals surface area (Å²) in [5, 5.41) is 1.16. The molecule has 0 spiro atoms. The monoisotopic (exact) mass is 257 g/mol. The van der Waals surface area contributed by atoms with E-state index in [9.17, 15) is 0 Å². The highest BCUT2D eigenvalue weighted by molar-refractivity contribution is 5.79. The fourth-order valence-electron chi connectivity index (χ4n) is 2.83. The predicted octanol–water partition coefficient (Wildman–Crippen LogP) is 2.17. The number of aromatic nitrogens is 1. The first-order chi connectivity index (χ1) is 9.38. The van der Waals surface area contributed by atoms with Gasteiger partial charge in [-0.05, 0) is 36.5 Å². The van der Waals surface area contributed by atoms with Crippen molar-refractivity contribution in [2.75, 3.05) is 13.2 Å². The fraction of sp³-hybridized carbons (Fsp3) is 0.400. The molecule has 1 aromatic heterocycles. The Kier molecular flexibility index (Phi) is 3.73. The Labute approximate surface area is 112 Å². The second-order valence-corrected chi connectivity index (χ2v) is 5.05. The van der Waals surface area contributed by atoms with Gasteiger partial charge >= 0.3 is 0 Å². The standard InChI is InChI=1S/C15H19N3O/c16-18-15(12-5-8-19-9-6-12)13-4-3-11-2-1-7-17-14(11)10-13/h1-4,7,10,12,15,18H,5-6,8-9,16H2. The molecule has 4 heteroatoms. The van der Waals surface area contributed by atoms with Gasteiger partial charge in [-0.25, -0.2) is 0 Å². The summed E-state index contributed by atoms with van der Waals surface area (Å²) in [6.07, 6.45) is 3.93. The molecule has 3 rings (SSSR count). The summed E-state index contributed by atoms with van der Waals surface area (Å²) < 4.78 is 5.42. The minimum atomic E-state index is 0.176. The fourth-order valence-corrected chi connectivity index (χ4v) is 2.83. The van der Waals surface area contributed by atoms with E-state index in [1.807, 2.05) is 12.3 Å². The molecule has 0 bridgehead atoms. The quantitative estimate of drug-likeness (QED) is 0.653. The summed E-state index contributed by atoms with van der Waals surface area (Å²) in [7, 11) is 0. The lowest BCUT2D eigenvalue weighted by atomic mass is 9.87. The maximum atomic E-state index is 5.77. The Morgan fingerprint density at radius 1 is 1.26 bits per heavy atom. The van der Waals surface area contributed by atoms with Crippen LogP contribution in [0.25, 0.3) is 10.9 Å². The van der Waals surface area contributed by atoms with Crippen molar-refractivity contribution in [3.8, 4) is 0 Å². The highest BCUT2D eigenvalue weighted by Gasteiger charge is 2.24. The maximum absolute atomic E-state index is 5.77. The van der Waals surface area contributed by atoms with Gasteiger partial charge in [-0.15, -0.1) is 0 Å². The van der Waals surface area contributed by atoms with Crippen molar-refractivity contribution in [3.05, 3.63) is 42.1 Å². The number of nitrogens with zero attached hydrogens (tertiary/aromatic N) is 1. The summed E-state index contributed by atoms with van der Waals surface area (Å²) >= 11 is 0. The maximum Gasteiger partial charge on any atom is 0.0705 e. The van der Waals surface area contributed by atoms with Gasteiger partial charge < -0.3 is 4.74 Å². The molecule has 2 aromatic rings. The van der Waals surface area contributed by atoms with Gasteiger partial charge in [-0.1, -0.05) is 18.2 Å². The molecule has 1 atom stereocenters. The van der Waals surface area contributed by atoms with Crippen molar-refractivity contribution < 1.29 is 4.74 Å². The van der Waals surface area contributed by atoms with Crippen LogP contribution in [0.1, 0.15) is 24.4 Å². The third-order valence-corrected chi connectivity index (χ3v) is 3.91. The Morgan fingerprint density at radius 2 is 2.11 bits per heavy atom. The lowest BCUT2D eigenvalue weighted by Gasteiger charge is -2.30. The second kappa shape index (κ2) is 5.65. The zero-order valence-corrected chi connectivity index (χ0v) is 10.9. The van der Waals surface area contributed by atoms with Gasteiger partial charge in [0, 0.05) is 30.8 Å². The van der Waals surface area contributed by atoms with Gasteiger partial charge in [-0.3, -0.25) is 16.3 Å². The lowest BCUT2D eigenvalue weighted by molar-refractivity contribution is 0.0536. The minimum absolute atomic E-state index is 0.176. The van der Waals surface area contributed by atoms with E-state index in [4.69, 9.17) is 10.6 Å². The van der Waals surface area contributed by atoms with Gasteiger partial charge in [0.2, 0.25) is 0 Å². The minimum Gasteiger partial charge on any atom is -0.381 e. The van der Waals surface area contributed by atoms with Crippen LogP contribution < -0.4 is 11.3 Å². The Balaban J connectivity index is 1.91. The number of benzene rings is 1. The first-order valence-electron chi connectivity index (χ1n) is 6.77. The van der Waals surface area contributed by atoms with E-state index in [-0.39, 0.29) is 6.04 Å². The van der Waals surface area contributed by atoms with E-state index in [1.54, 1.807) is 0 Å². The van der Waals surface area contributed by atoms with E-state index in [1.165, 1.54) is 5.56 Å². The highest BCUT2D eigenvalue weighted by atomic mass is 16.5. The number of hydrazine groups is 1. The van der Waals surface area contributed by atoms with E-state index in [0.717, 1.165) is 37.0 Å². The molecular weight excluding hydrogens is 238 g/mol. The van der Waals surface area contributed by atoms with Crippen molar-refractivity contribution in [3.63, 3.8) is 0 Å². The summed E-state index contributed by atoms with van der Waals surface area (Å²) in [6.45, 7) is 1.66. The molecule has 1 aliphatic heterocycles. The molecular formula is C15H19N3O. The third-order valence-electron chi connectivity index (χ3n) is 3.91. The average molecular weight is 257 g/mol. The van der Waals surface area contributed by atoms with Gasteiger partial charge in [0.25, 0.3) is 0 Å². The summed E-state index contributed by atoms with van der Waals surface area (Å²) in [6, 6.07) is 10.6. The third kappa shape index (κ3) is 2.61. The number of ether oxygens (including phenoxy) is 1. The number of nitrogens with one attached hydrogen (secondary N) is 1. The number of hydrogen-bond donors (Lipinski definition) is 2. The van der Waals surface area contributed by atoms with Crippen LogP contribution in [-0.4, -0.2) is 18.2 Å². The molecule has 0 amide bonds. The molecule has 100 valence electrons. The Bertz CT molecular complexity index is 552. The predicted molar refractivity (Wildman–Crippen MR) is 75.4 cm³/mol. The van der Waals surface area contributed by atoms with Gasteiger partial charge in [0.1, 0.15) is 0 Å². The van der Waals surface area contributed by atoms with Gasteiger partial charge in [-0.2, -0.15) is 0 Å². The van der Waals surface area contributed by atoms with Gasteiger partial charge in [0.05, 0.1) is 5.52 Å². The number of hydrogen-bond acceptors (Lipinski definition) is 4. The molecule has 1 unspecified atom stereocenters. The van der Waals surface area contributed by atoms with E-state index >= 15 is 0 Å². The van der Waals surface area contributed by atoms with Crippen LogP contribution in [0.2, 0.25) is 0 Å². The molecule has 0 aliphatic carbocycles. The molecule has 0 radical (unpaired) electrons. The smallest absolute Gasteiger partial charge is 0.0705 e. The molecule has 0 saturated carbocycles. The SMILES string of the molecule is NNC(c1ccc2cccnc2c1)C1CCOCC1. The van der Waals surface area contributed by atoms with E-state index in [0.29, 0.717) is 5.92 Å². The molecule has 1 aliphatic rings. The first-order valence-corrected chi connectivity index (χ1v) is 6.77. The van der Waals surface area contributed by atoms with Crippen molar-refractivity contribution in [2.45, 2.75) is 18.9 Å². The molecule has 2 heterocycles. The number of fused-ring (bicyclic) bond motifs is 1. The average Bonchev–Trinajstić information content (AvgIpc) is 2.49. The molecule has 1 fully saturated rings. The number of rotatable bonds is 3. The first kappa shape index (κ1) is 12.5. The topological polar surface area (TPSA) is 60.2 Å². The molecule has 19 heavy (non-hydrogen) atoms. The second-order valence-electron chi connectivity index (χ2n) is 5.05. The van der Waals surface area contributed by atoms with E-state index < -0.39 is 0 Å². The molecule has 4 nitrogen and oxygen atoms in total. The van der Waals surface area contributed by atoms with Crippen LogP contribution in [0.3, 0.4) is 0 Å². The van der Waals surface area contributed by atoms with Crippen molar-refractivity contribution in [1.29, 1.82) is 0 Å². The Hall–Kier alpha value is -1.49. The van der Waals surface area contributed by atoms with Crippen LogP contribution in [0.15, 0.2) is 36.5 Å². The molecule has 1 saturated heterocycles. The largest absolute Gasteiger partial charge is 0.381 e. The van der Waals surface area contributed by atoms with Crippen molar-refractivity contribution in [1.82, 2.24) is 10.4 Å². The van der Waals surface area contributed by atoms with Crippen LogP contribution in [0.5, 0.6) is 0 Å². The molecule has 1 aromatic carbocycles. The molecule has 3 N–H and O–H groups in total. The Morgan fingerprint density at radius 3 is 2.89 bits per heavy atom. The lowest BCUT2D eigenvalue weighted by Crippen LogP contribution is -2.36. The van der Waals surface area contributed by atoms with Crippen molar-refractivity contribution in [2.24, 2.45) is 11.8 Å². The summed E-state index contributed by atoms with van der Waals surface area (Å²) in [5.41, 5.74) is 5.20. The zero-order valence-electron chi connectivity index (χ0n) is 10.9. The van der Waals surface area contributed by atoms with Gasteiger partial charge in [0.15, 0.2) is 0 Å². The number of pyridine rings is 1. The van der Waals surface area contributed by atoms with Crippen LogP contribution >= 0.6 is 0 Å². The zero-order chi connectivity index (χ0) is 13.1. The normalized spacial score (nSPS) is 18.6. The van der Waals surface area contributed by atoms with Crippen LogP contribution in [0.4, 0.5) is 0 Å². The summed E-state index contributed by atoms with van der Waals surface area (Å²) in [4.78, 5) is 4.41. The number of nitrogens with two attached hydrogens (primary N) is 1. The van der Waals surface area contributed by atoms with Crippen LogP contribution in [-0.2, 0) is 4.74 Å².